The minimum absolute atomic E-state index is 0.241. The van der Waals surface area contributed by atoms with E-state index in [0.717, 1.165) is 12.1 Å². The van der Waals surface area contributed by atoms with Crippen molar-refractivity contribution in [2.45, 2.75) is 38.6 Å². The molecule has 0 amide bonds. The quantitative estimate of drug-likeness (QED) is 0.795. The molecule has 0 heterocycles. The summed E-state index contributed by atoms with van der Waals surface area (Å²) in [6.07, 6.45) is 5.22. The highest BCUT2D eigenvalue weighted by Crippen LogP contribution is 2.19. The second-order valence-electron chi connectivity index (χ2n) is 4.69. The third-order valence-electron chi connectivity index (χ3n) is 3.30. The van der Waals surface area contributed by atoms with Gasteiger partial charge >= 0.3 is 0 Å². The summed E-state index contributed by atoms with van der Waals surface area (Å²) in [5.41, 5.74) is 0.979. The summed E-state index contributed by atoms with van der Waals surface area (Å²) in [6.45, 7) is 3.36. The van der Waals surface area contributed by atoms with Gasteiger partial charge in [-0.2, -0.15) is 0 Å². The molecule has 1 N–H and O–H groups in total. The maximum absolute atomic E-state index is 13.0. The molecule has 1 fully saturated rings. The topological polar surface area (TPSA) is 21.3 Å². The second-order valence-corrected chi connectivity index (χ2v) is 4.69. The van der Waals surface area contributed by atoms with Gasteiger partial charge in [0.05, 0.1) is 0 Å². The number of rotatable bonds is 5. The standard InChI is InChI=1S/C14H20FNO/c1-11-6-7-12(15)10-14(11)17-9-8-16-13-4-2-3-5-13/h6-7,10,13,16H,2-5,8-9H2,1H3. The monoisotopic (exact) mass is 237 g/mol. The third kappa shape index (κ3) is 3.70. The molecule has 0 aliphatic heterocycles. The second kappa shape index (κ2) is 6.01. The molecule has 0 aromatic heterocycles. The molecule has 1 aliphatic carbocycles. The molecule has 0 bridgehead atoms. The maximum Gasteiger partial charge on any atom is 0.126 e. The molecule has 0 saturated heterocycles. The van der Waals surface area contributed by atoms with Crippen LogP contribution in [0.3, 0.4) is 0 Å². The lowest BCUT2D eigenvalue weighted by Crippen LogP contribution is -2.30. The SMILES string of the molecule is Cc1ccc(F)cc1OCCNC1CCCC1. The van der Waals surface area contributed by atoms with E-state index in [1.54, 1.807) is 6.07 Å². The van der Waals surface area contributed by atoms with Crippen LogP contribution in [0, 0.1) is 12.7 Å². The summed E-state index contributed by atoms with van der Waals surface area (Å²) < 4.78 is 18.6. The van der Waals surface area contributed by atoms with Gasteiger partial charge in [-0.15, -0.1) is 0 Å². The van der Waals surface area contributed by atoms with Gasteiger partial charge in [-0.1, -0.05) is 18.9 Å². The van der Waals surface area contributed by atoms with Gasteiger partial charge in [0, 0.05) is 18.7 Å². The first-order chi connectivity index (χ1) is 8.25. The van der Waals surface area contributed by atoms with Gasteiger partial charge in [-0.25, -0.2) is 4.39 Å². The van der Waals surface area contributed by atoms with Crippen LogP contribution in [0.4, 0.5) is 4.39 Å². The number of hydrogen-bond acceptors (Lipinski definition) is 2. The molecular formula is C14H20FNO. The van der Waals surface area contributed by atoms with Crippen LogP contribution in [-0.2, 0) is 0 Å². The zero-order valence-corrected chi connectivity index (χ0v) is 10.3. The number of nitrogens with one attached hydrogen (secondary N) is 1. The first-order valence-corrected chi connectivity index (χ1v) is 6.38. The highest BCUT2D eigenvalue weighted by Gasteiger charge is 2.13. The lowest BCUT2D eigenvalue weighted by Gasteiger charge is -2.13. The Morgan fingerprint density at radius 1 is 1.35 bits per heavy atom. The summed E-state index contributed by atoms with van der Waals surface area (Å²) in [7, 11) is 0. The summed E-state index contributed by atoms with van der Waals surface area (Å²) >= 11 is 0. The average molecular weight is 237 g/mol. The number of hydrogen-bond donors (Lipinski definition) is 1. The third-order valence-corrected chi connectivity index (χ3v) is 3.30. The fourth-order valence-electron chi connectivity index (χ4n) is 2.28. The predicted molar refractivity (Wildman–Crippen MR) is 66.9 cm³/mol. The molecule has 2 nitrogen and oxygen atoms in total. The number of aryl methyl sites for hydroxylation is 1. The van der Waals surface area contributed by atoms with E-state index in [-0.39, 0.29) is 5.82 Å². The first-order valence-electron chi connectivity index (χ1n) is 6.38. The Balaban J connectivity index is 1.72. The minimum Gasteiger partial charge on any atom is -0.492 e. The van der Waals surface area contributed by atoms with E-state index < -0.39 is 0 Å². The van der Waals surface area contributed by atoms with Crippen LogP contribution in [0.5, 0.6) is 5.75 Å². The van der Waals surface area contributed by atoms with E-state index in [4.69, 9.17) is 4.74 Å². The molecule has 0 unspecified atom stereocenters. The van der Waals surface area contributed by atoms with E-state index in [1.807, 2.05) is 6.92 Å². The van der Waals surface area contributed by atoms with Crippen molar-refractivity contribution < 1.29 is 9.13 Å². The highest BCUT2D eigenvalue weighted by atomic mass is 19.1. The van der Waals surface area contributed by atoms with Gasteiger partial charge in [0.25, 0.3) is 0 Å². The molecule has 0 spiro atoms. The molecule has 1 aromatic rings. The van der Waals surface area contributed by atoms with Gasteiger partial charge in [0.2, 0.25) is 0 Å². The van der Waals surface area contributed by atoms with Crippen LogP contribution in [0.1, 0.15) is 31.2 Å². The van der Waals surface area contributed by atoms with E-state index in [9.17, 15) is 4.39 Å². The smallest absolute Gasteiger partial charge is 0.126 e. The lowest BCUT2D eigenvalue weighted by molar-refractivity contribution is 0.302. The Kier molecular flexibility index (Phi) is 4.37. The Hall–Kier alpha value is -1.09. The molecule has 3 heteroatoms. The number of halogens is 1. The van der Waals surface area contributed by atoms with Crippen molar-refractivity contribution in [2.24, 2.45) is 0 Å². The predicted octanol–water partition coefficient (Wildman–Crippen LogP) is 3.05. The van der Waals surface area contributed by atoms with Gasteiger partial charge < -0.3 is 10.1 Å². The zero-order valence-electron chi connectivity index (χ0n) is 10.3. The largest absolute Gasteiger partial charge is 0.492 e. The Labute approximate surface area is 102 Å². The number of benzene rings is 1. The van der Waals surface area contributed by atoms with Gasteiger partial charge in [-0.3, -0.25) is 0 Å². The van der Waals surface area contributed by atoms with Gasteiger partial charge in [-0.05, 0) is 31.4 Å². The van der Waals surface area contributed by atoms with Crippen molar-refractivity contribution in [2.75, 3.05) is 13.2 Å². The summed E-state index contributed by atoms with van der Waals surface area (Å²) in [4.78, 5) is 0. The molecule has 17 heavy (non-hydrogen) atoms. The fourth-order valence-corrected chi connectivity index (χ4v) is 2.28. The normalized spacial score (nSPS) is 16.4. The first kappa shape index (κ1) is 12.4. The molecule has 1 aromatic carbocycles. The molecular weight excluding hydrogens is 217 g/mol. The molecule has 1 saturated carbocycles. The molecule has 0 radical (unpaired) electrons. The van der Waals surface area contributed by atoms with Crippen molar-refractivity contribution in [3.63, 3.8) is 0 Å². The molecule has 0 atom stereocenters. The van der Waals surface area contributed by atoms with Crippen molar-refractivity contribution in [3.8, 4) is 5.75 Å². The van der Waals surface area contributed by atoms with E-state index in [2.05, 4.69) is 5.32 Å². The van der Waals surface area contributed by atoms with Crippen molar-refractivity contribution in [3.05, 3.63) is 29.6 Å². The maximum atomic E-state index is 13.0. The summed E-state index contributed by atoms with van der Waals surface area (Å²) in [5.74, 6) is 0.410. The van der Waals surface area contributed by atoms with Crippen LogP contribution in [0.25, 0.3) is 0 Å². The Morgan fingerprint density at radius 3 is 2.88 bits per heavy atom. The molecule has 2 rings (SSSR count). The van der Waals surface area contributed by atoms with Crippen LogP contribution in [0.15, 0.2) is 18.2 Å². The summed E-state index contributed by atoms with van der Waals surface area (Å²) in [6, 6.07) is 5.31. The van der Waals surface area contributed by atoms with Crippen molar-refractivity contribution in [1.82, 2.24) is 5.32 Å². The molecule has 1 aliphatic rings. The fraction of sp³-hybridized carbons (Fsp3) is 0.571. The van der Waals surface area contributed by atoms with Crippen molar-refractivity contribution >= 4 is 0 Å². The van der Waals surface area contributed by atoms with Crippen LogP contribution < -0.4 is 10.1 Å². The number of ether oxygens (including phenoxy) is 1. The average Bonchev–Trinajstić information content (AvgIpc) is 2.82. The summed E-state index contributed by atoms with van der Waals surface area (Å²) in [5, 5.41) is 3.47. The Morgan fingerprint density at radius 2 is 2.12 bits per heavy atom. The van der Waals surface area contributed by atoms with Crippen LogP contribution in [-0.4, -0.2) is 19.2 Å². The van der Waals surface area contributed by atoms with E-state index >= 15 is 0 Å². The highest BCUT2D eigenvalue weighted by molar-refractivity contribution is 5.32. The van der Waals surface area contributed by atoms with Gasteiger partial charge in [0.1, 0.15) is 18.2 Å². The van der Waals surface area contributed by atoms with E-state index in [0.29, 0.717) is 18.4 Å². The van der Waals surface area contributed by atoms with Crippen LogP contribution >= 0.6 is 0 Å². The van der Waals surface area contributed by atoms with E-state index in [1.165, 1.54) is 37.8 Å². The zero-order chi connectivity index (χ0) is 12.1. The Bertz CT molecular complexity index is 361. The molecule has 94 valence electrons. The lowest BCUT2D eigenvalue weighted by atomic mass is 10.2. The minimum atomic E-state index is -0.241. The van der Waals surface area contributed by atoms with Crippen molar-refractivity contribution in [1.29, 1.82) is 0 Å². The van der Waals surface area contributed by atoms with Gasteiger partial charge in [0.15, 0.2) is 0 Å². The van der Waals surface area contributed by atoms with Crippen LogP contribution in [0.2, 0.25) is 0 Å².